The van der Waals surface area contributed by atoms with Crippen molar-refractivity contribution in [1.82, 2.24) is 5.32 Å². The van der Waals surface area contributed by atoms with Crippen molar-refractivity contribution in [2.45, 2.75) is 104 Å². The van der Waals surface area contributed by atoms with Gasteiger partial charge in [-0.05, 0) is 12.8 Å². The van der Waals surface area contributed by atoms with Crippen molar-refractivity contribution in [3.63, 3.8) is 0 Å². The predicted octanol–water partition coefficient (Wildman–Crippen LogP) is 5.23. The molecule has 0 spiro atoms. The van der Waals surface area contributed by atoms with Gasteiger partial charge in [-0.15, -0.1) is 0 Å². The lowest BCUT2D eigenvalue weighted by Gasteiger charge is -2.03. The van der Waals surface area contributed by atoms with Gasteiger partial charge in [0.2, 0.25) is 0 Å². The van der Waals surface area contributed by atoms with Crippen LogP contribution in [0.2, 0.25) is 0 Å². The average molecular weight is 325 g/mol. The van der Waals surface area contributed by atoms with Gasteiger partial charge >= 0.3 is 0 Å². The highest BCUT2D eigenvalue weighted by molar-refractivity contribution is 5.83. The van der Waals surface area contributed by atoms with Crippen LogP contribution in [-0.2, 0) is 9.59 Å². The topological polar surface area (TPSA) is 48.2 Å². The Kier molecular flexibility index (Phi) is 17.1. The third-order valence-corrected chi connectivity index (χ3v) is 4.19. The summed E-state index contributed by atoms with van der Waals surface area (Å²) in [5, 5.41) is 4.13. The number of nitrogens with zero attached hydrogens (tertiary/aromatic N) is 1. The van der Waals surface area contributed by atoms with Crippen LogP contribution in [0.25, 0.3) is 0 Å². The summed E-state index contributed by atoms with van der Waals surface area (Å²) in [4.78, 5) is 23.3. The third-order valence-electron chi connectivity index (χ3n) is 4.19. The zero-order chi connectivity index (χ0) is 17.2. The van der Waals surface area contributed by atoms with Gasteiger partial charge in [0, 0.05) is 12.8 Å². The molecule has 23 heavy (non-hydrogen) atoms. The smallest absolute Gasteiger partial charge is 0.148 e. The number of hydrogen-bond acceptors (Lipinski definition) is 2. The molecule has 0 saturated heterocycles. The molecular formula is C20H38NO2. The van der Waals surface area contributed by atoms with E-state index in [9.17, 15) is 9.59 Å². The summed E-state index contributed by atoms with van der Waals surface area (Å²) >= 11 is 0. The molecule has 135 valence electrons. The van der Waals surface area contributed by atoms with E-state index < -0.39 is 0 Å². The quantitative estimate of drug-likeness (QED) is 0.324. The lowest BCUT2D eigenvalue weighted by Crippen LogP contribution is -2.22. The van der Waals surface area contributed by atoms with Crippen molar-refractivity contribution in [3.8, 4) is 0 Å². The molecule has 0 unspecified atom stereocenters. The molecule has 0 saturated carbocycles. The SMILES string of the molecule is CCCCCCCCC(=O)C[N]CC(=O)CCCCCCCC. The zero-order valence-electron chi connectivity index (χ0n) is 15.6. The first-order chi connectivity index (χ1) is 11.2. The number of carbonyl (C=O) groups is 2. The monoisotopic (exact) mass is 324 g/mol. The Morgan fingerprint density at radius 1 is 0.565 bits per heavy atom. The van der Waals surface area contributed by atoms with Crippen LogP contribution in [0.1, 0.15) is 104 Å². The van der Waals surface area contributed by atoms with Gasteiger partial charge in [-0.1, -0.05) is 78.1 Å². The first kappa shape index (κ1) is 22.3. The van der Waals surface area contributed by atoms with Crippen molar-refractivity contribution in [1.29, 1.82) is 0 Å². The third kappa shape index (κ3) is 17.5. The van der Waals surface area contributed by atoms with Crippen LogP contribution >= 0.6 is 0 Å². The van der Waals surface area contributed by atoms with E-state index in [4.69, 9.17) is 0 Å². The predicted molar refractivity (Wildman–Crippen MR) is 97.9 cm³/mol. The molecule has 0 aromatic carbocycles. The summed E-state index contributed by atoms with van der Waals surface area (Å²) in [6, 6.07) is 0. The number of hydrogen-bond donors (Lipinski definition) is 0. The summed E-state index contributed by atoms with van der Waals surface area (Å²) in [6.07, 6.45) is 15.6. The maximum atomic E-state index is 11.7. The van der Waals surface area contributed by atoms with E-state index in [-0.39, 0.29) is 24.7 Å². The molecular weight excluding hydrogens is 286 g/mol. The molecule has 0 aliphatic carbocycles. The summed E-state index contributed by atoms with van der Waals surface area (Å²) in [7, 11) is 0. The van der Waals surface area contributed by atoms with Gasteiger partial charge in [-0.3, -0.25) is 9.59 Å². The maximum Gasteiger partial charge on any atom is 0.148 e. The highest BCUT2D eigenvalue weighted by atomic mass is 16.1. The Morgan fingerprint density at radius 2 is 0.913 bits per heavy atom. The summed E-state index contributed by atoms with van der Waals surface area (Å²) in [5.41, 5.74) is 0. The van der Waals surface area contributed by atoms with Crippen molar-refractivity contribution in [2.75, 3.05) is 13.1 Å². The lowest BCUT2D eigenvalue weighted by molar-refractivity contribution is -0.119. The molecule has 0 amide bonds. The first-order valence-electron chi connectivity index (χ1n) is 9.87. The first-order valence-corrected chi connectivity index (χ1v) is 9.87. The largest absolute Gasteiger partial charge is 0.298 e. The van der Waals surface area contributed by atoms with Gasteiger partial charge in [0.15, 0.2) is 0 Å². The van der Waals surface area contributed by atoms with E-state index in [1.54, 1.807) is 0 Å². The second-order valence-corrected chi connectivity index (χ2v) is 6.65. The van der Waals surface area contributed by atoms with Crippen LogP contribution in [0, 0.1) is 0 Å². The van der Waals surface area contributed by atoms with Crippen LogP contribution in [0.15, 0.2) is 0 Å². The number of ketones is 2. The Hall–Kier alpha value is -0.700. The molecule has 3 heteroatoms. The van der Waals surface area contributed by atoms with E-state index in [1.807, 2.05) is 0 Å². The Labute approximate surface area is 144 Å². The normalized spacial score (nSPS) is 10.9. The van der Waals surface area contributed by atoms with Crippen molar-refractivity contribution >= 4 is 11.6 Å². The second-order valence-electron chi connectivity index (χ2n) is 6.65. The van der Waals surface area contributed by atoms with Gasteiger partial charge in [0.25, 0.3) is 0 Å². The molecule has 0 bridgehead atoms. The highest BCUT2D eigenvalue weighted by Gasteiger charge is 2.06. The molecule has 0 aliphatic heterocycles. The maximum absolute atomic E-state index is 11.7. The van der Waals surface area contributed by atoms with Crippen molar-refractivity contribution < 1.29 is 9.59 Å². The van der Waals surface area contributed by atoms with E-state index in [0.29, 0.717) is 12.8 Å². The molecule has 0 aromatic rings. The highest BCUT2D eigenvalue weighted by Crippen LogP contribution is 2.08. The fourth-order valence-corrected chi connectivity index (χ4v) is 2.67. The Bertz CT molecular complexity index is 261. The van der Waals surface area contributed by atoms with Crippen LogP contribution in [0.3, 0.4) is 0 Å². The minimum atomic E-state index is 0.188. The van der Waals surface area contributed by atoms with E-state index in [1.165, 1.54) is 51.4 Å². The van der Waals surface area contributed by atoms with Gasteiger partial charge in [-0.25, -0.2) is 5.32 Å². The Balaban J connectivity index is 3.33. The summed E-state index contributed by atoms with van der Waals surface area (Å²) in [5.74, 6) is 0.376. The van der Waals surface area contributed by atoms with Crippen molar-refractivity contribution in [2.24, 2.45) is 0 Å². The molecule has 0 heterocycles. The molecule has 0 aliphatic rings. The fraction of sp³-hybridized carbons (Fsp3) is 0.900. The minimum absolute atomic E-state index is 0.188. The minimum Gasteiger partial charge on any atom is -0.298 e. The Morgan fingerprint density at radius 3 is 1.30 bits per heavy atom. The lowest BCUT2D eigenvalue weighted by atomic mass is 10.1. The molecule has 0 atom stereocenters. The molecule has 1 radical (unpaired) electrons. The van der Waals surface area contributed by atoms with Crippen molar-refractivity contribution in [3.05, 3.63) is 0 Å². The average Bonchev–Trinajstić information content (AvgIpc) is 2.54. The number of carbonyl (C=O) groups excluding carboxylic acids is 2. The number of unbranched alkanes of at least 4 members (excludes halogenated alkanes) is 10. The summed E-state index contributed by atoms with van der Waals surface area (Å²) < 4.78 is 0. The van der Waals surface area contributed by atoms with Crippen LogP contribution in [0.4, 0.5) is 0 Å². The molecule has 0 fully saturated rings. The van der Waals surface area contributed by atoms with Gasteiger partial charge in [0.1, 0.15) is 11.6 Å². The van der Waals surface area contributed by atoms with Crippen LogP contribution in [0.5, 0.6) is 0 Å². The molecule has 0 N–H and O–H groups in total. The number of Topliss-reactive ketones (excluding diaryl/α,β-unsaturated/α-hetero) is 2. The number of rotatable bonds is 18. The van der Waals surface area contributed by atoms with Gasteiger partial charge < -0.3 is 0 Å². The van der Waals surface area contributed by atoms with E-state index in [2.05, 4.69) is 19.2 Å². The van der Waals surface area contributed by atoms with Gasteiger partial charge in [-0.2, -0.15) is 0 Å². The standard InChI is InChI=1S/C20H38NO2/c1-3-5-7-9-11-13-15-19(22)17-21-18-20(23)16-14-12-10-8-6-4-2/h3-18H2,1-2H3. The fourth-order valence-electron chi connectivity index (χ4n) is 2.67. The second kappa shape index (κ2) is 17.7. The van der Waals surface area contributed by atoms with E-state index in [0.717, 1.165) is 25.7 Å². The van der Waals surface area contributed by atoms with E-state index >= 15 is 0 Å². The zero-order valence-corrected chi connectivity index (χ0v) is 15.6. The molecule has 0 rings (SSSR count). The van der Waals surface area contributed by atoms with Crippen LogP contribution < -0.4 is 5.32 Å². The molecule has 0 aromatic heterocycles. The van der Waals surface area contributed by atoms with Gasteiger partial charge in [0.05, 0.1) is 13.1 Å². The molecule has 3 nitrogen and oxygen atoms in total. The van der Waals surface area contributed by atoms with Crippen LogP contribution in [-0.4, -0.2) is 24.7 Å². The summed E-state index contributed by atoms with van der Waals surface area (Å²) in [6.45, 7) is 4.88.